The molecular weight excluding hydrogens is 310 g/mol. The van der Waals surface area contributed by atoms with Gasteiger partial charge in [-0.05, 0) is 53.8 Å². The summed E-state index contributed by atoms with van der Waals surface area (Å²) in [6.45, 7) is 5.49. The predicted octanol–water partition coefficient (Wildman–Crippen LogP) is 3.37. The molecule has 4 nitrogen and oxygen atoms in total. The van der Waals surface area contributed by atoms with Gasteiger partial charge < -0.3 is 14.8 Å². The van der Waals surface area contributed by atoms with Gasteiger partial charge >= 0.3 is 0 Å². The lowest BCUT2D eigenvalue weighted by molar-refractivity contribution is -0.130. The molecule has 0 saturated carbocycles. The SMILES string of the molecule is Cc1cccc(N2CCN(C(=O)Cc3ccc4[nH]ccc4c3)CC2)c1. The van der Waals surface area contributed by atoms with Gasteiger partial charge in [-0.25, -0.2) is 0 Å². The van der Waals surface area contributed by atoms with Gasteiger partial charge in [-0.1, -0.05) is 18.2 Å². The Morgan fingerprint density at radius 3 is 2.68 bits per heavy atom. The summed E-state index contributed by atoms with van der Waals surface area (Å²) >= 11 is 0. The van der Waals surface area contributed by atoms with Crippen molar-refractivity contribution in [2.24, 2.45) is 0 Å². The van der Waals surface area contributed by atoms with E-state index in [2.05, 4.69) is 47.1 Å². The number of hydrogen-bond donors (Lipinski definition) is 1. The second-order valence-electron chi connectivity index (χ2n) is 6.78. The first-order valence-corrected chi connectivity index (χ1v) is 8.84. The normalized spacial score (nSPS) is 14.9. The molecule has 2 heterocycles. The lowest BCUT2D eigenvalue weighted by Crippen LogP contribution is -2.49. The van der Waals surface area contributed by atoms with Crippen molar-refractivity contribution in [3.63, 3.8) is 0 Å². The number of rotatable bonds is 3. The Labute approximate surface area is 148 Å². The molecule has 0 spiro atoms. The molecule has 0 aliphatic carbocycles. The molecule has 1 saturated heterocycles. The molecule has 0 bridgehead atoms. The third-order valence-corrected chi connectivity index (χ3v) is 4.97. The van der Waals surface area contributed by atoms with Crippen molar-refractivity contribution in [1.82, 2.24) is 9.88 Å². The summed E-state index contributed by atoms with van der Waals surface area (Å²) in [5, 5.41) is 1.16. The van der Waals surface area contributed by atoms with Crippen LogP contribution in [0.15, 0.2) is 54.7 Å². The van der Waals surface area contributed by atoms with Gasteiger partial charge in [-0.15, -0.1) is 0 Å². The van der Waals surface area contributed by atoms with Gasteiger partial charge in [0.2, 0.25) is 5.91 Å². The Kier molecular flexibility index (Phi) is 4.18. The highest BCUT2D eigenvalue weighted by molar-refractivity contribution is 5.83. The molecule has 0 unspecified atom stereocenters. The first-order chi connectivity index (χ1) is 12.2. The second-order valence-corrected chi connectivity index (χ2v) is 6.78. The summed E-state index contributed by atoms with van der Waals surface area (Å²) < 4.78 is 0. The van der Waals surface area contributed by atoms with E-state index in [1.807, 2.05) is 29.3 Å². The summed E-state index contributed by atoms with van der Waals surface area (Å²) in [7, 11) is 0. The fourth-order valence-corrected chi connectivity index (χ4v) is 3.54. The molecule has 0 atom stereocenters. The largest absolute Gasteiger partial charge is 0.368 e. The van der Waals surface area contributed by atoms with Crippen LogP contribution >= 0.6 is 0 Å². The van der Waals surface area contributed by atoms with Crippen LogP contribution in [0.1, 0.15) is 11.1 Å². The number of carbonyl (C=O) groups excluding carboxylic acids is 1. The molecule has 3 aromatic rings. The standard InChI is InChI=1S/C21H23N3O/c1-16-3-2-4-19(13-16)23-9-11-24(12-10-23)21(25)15-17-5-6-20-18(14-17)7-8-22-20/h2-8,13-14,22H,9-12,15H2,1H3. The second kappa shape index (κ2) is 6.63. The van der Waals surface area contributed by atoms with Crippen LogP contribution in [-0.4, -0.2) is 42.0 Å². The number of anilines is 1. The molecule has 0 radical (unpaired) electrons. The number of carbonyl (C=O) groups is 1. The zero-order valence-electron chi connectivity index (χ0n) is 14.5. The van der Waals surface area contributed by atoms with Crippen LogP contribution in [0.4, 0.5) is 5.69 Å². The summed E-state index contributed by atoms with van der Waals surface area (Å²) in [6.07, 6.45) is 2.41. The molecule has 1 amide bonds. The zero-order chi connectivity index (χ0) is 17.2. The van der Waals surface area contributed by atoms with Gasteiger partial charge in [-0.3, -0.25) is 4.79 Å². The Morgan fingerprint density at radius 2 is 1.88 bits per heavy atom. The summed E-state index contributed by atoms with van der Waals surface area (Å²) in [5.41, 5.74) is 4.72. The van der Waals surface area contributed by atoms with E-state index in [9.17, 15) is 4.79 Å². The number of nitrogens with one attached hydrogen (secondary N) is 1. The summed E-state index contributed by atoms with van der Waals surface area (Å²) in [5.74, 6) is 0.221. The number of fused-ring (bicyclic) bond motifs is 1. The van der Waals surface area contributed by atoms with Crippen LogP contribution in [0.25, 0.3) is 10.9 Å². The number of aromatic nitrogens is 1. The smallest absolute Gasteiger partial charge is 0.227 e. The summed E-state index contributed by atoms with van der Waals surface area (Å²) in [6, 6.07) is 16.8. The molecule has 1 fully saturated rings. The maximum atomic E-state index is 12.6. The van der Waals surface area contributed by atoms with Crippen molar-refractivity contribution in [3.05, 3.63) is 65.9 Å². The number of benzene rings is 2. The van der Waals surface area contributed by atoms with Gasteiger partial charge in [0.15, 0.2) is 0 Å². The van der Waals surface area contributed by atoms with Crippen molar-refractivity contribution < 1.29 is 4.79 Å². The van der Waals surface area contributed by atoms with Gasteiger partial charge in [0.05, 0.1) is 6.42 Å². The van der Waals surface area contributed by atoms with Crippen LogP contribution < -0.4 is 4.90 Å². The Hall–Kier alpha value is -2.75. The average molecular weight is 333 g/mol. The third kappa shape index (κ3) is 3.38. The van der Waals surface area contributed by atoms with Crippen molar-refractivity contribution in [2.75, 3.05) is 31.1 Å². The number of amides is 1. The fourth-order valence-electron chi connectivity index (χ4n) is 3.54. The van der Waals surface area contributed by atoms with Crippen LogP contribution in [0.5, 0.6) is 0 Å². The van der Waals surface area contributed by atoms with E-state index in [1.54, 1.807) is 0 Å². The van der Waals surface area contributed by atoms with E-state index < -0.39 is 0 Å². The van der Waals surface area contributed by atoms with Crippen LogP contribution in [-0.2, 0) is 11.2 Å². The lowest BCUT2D eigenvalue weighted by atomic mass is 10.1. The molecule has 1 aliphatic rings. The predicted molar refractivity (Wildman–Crippen MR) is 102 cm³/mol. The highest BCUT2D eigenvalue weighted by atomic mass is 16.2. The molecule has 1 aliphatic heterocycles. The number of aromatic amines is 1. The monoisotopic (exact) mass is 333 g/mol. The maximum Gasteiger partial charge on any atom is 0.227 e. The Bertz CT molecular complexity index is 891. The molecular formula is C21H23N3O. The van der Waals surface area contributed by atoms with E-state index in [1.165, 1.54) is 11.3 Å². The number of nitrogens with zero attached hydrogens (tertiary/aromatic N) is 2. The van der Waals surface area contributed by atoms with E-state index in [0.717, 1.165) is 42.6 Å². The van der Waals surface area contributed by atoms with Crippen molar-refractivity contribution >= 4 is 22.5 Å². The lowest BCUT2D eigenvalue weighted by Gasteiger charge is -2.36. The maximum absolute atomic E-state index is 12.6. The molecule has 1 N–H and O–H groups in total. The number of hydrogen-bond acceptors (Lipinski definition) is 2. The van der Waals surface area contributed by atoms with Gasteiger partial charge in [-0.2, -0.15) is 0 Å². The van der Waals surface area contributed by atoms with E-state index >= 15 is 0 Å². The van der Waals surface area contributed by atoms with Gasteiger partial charge in [0.1, 0.15) is 0 Å². The minimum atomic E-state index is 0.221. The third-order valence-electron chi connectivity index (χ3n) is 4.97. The number of H-pyrrole nitrogens is 1. The van der Waals surface area contributed by atoms with Crippen LogP contribution in [0, 0.1) is 6.92 Å². The van der Waals surface area contributed by atoms with E-state index in [-0.39, 0.29) is 5.91 Å². The Balaban J connectivity index is 1.37. The minimum Gasteiger partial charge on any atom is -0.368 e. The zero-order valence-corrected chi connectivity index (χ0v) is 14.5. The highest BCUT2D eigenvalue weighted by Crippen LogP contribution is 2.19. The number of aryl methyl sites for hydroxylation is 1. The summed E-state index contributed by atoms with van der Waals surface area (Å²) in [4.78, 5) is 20.2. The van der Waals surface area contributed by atoms with E-state index in [4.69, 9.17) is 0 Å². The molecule has 4 rings (SSSR count). The minimum absolute atomic E-state index is 0.221. The van der Waals surface area contributed by atoms with E-state index in [0.29, 0.717) is 6.42 Å². The van der Waals surface area contributed by atoms with Crippen molar-refractivity contribution in [3.8, 4) is 0 Å². The molecule has 1 aromatic heterocycles. The topological polar surface area (TPSA) is 39.3 Å². The highest BCUT2D eigenvalue weighted by Gasteiger charge is 2.21. The molecule has 25 heavy (non-hydrogen) atoms. The van der Waals surface area contributed by atoms with Crippen LogP contribution in [0.3, 0.4) is 0 Å². The quantitative estimate of drug-likeness (QED) is 0.798. The number of piperazine rings is 1. The molecule has 128 valence electrons. The molecule has 4 heteroatoms. The fraction of sp³-hybridized carbons (Fsp3) is 0.286. The first-order valence-electron chi connectivity index (χ1n) is 8.84. The Morgan fingerprint density at radius 1 is 1.04 bits per heavy atom. The van der Waals surface area contributed by atoms with Gasteiger partial charge in [0, 0.05) is 43.6 Å². The average Bonchev–Trinajstić information content (AvgIpc) is 3.09. The van der Waals surface area contributed by atoms with Crippen molar-refractivity contribution in [1.29, 1.82) is 0 Å². The first kappa shape index (κ1) is 15.8. The van der Waals surface area contributed by atoms with Crippen molar-refractivity contribution in [2.45, 2.75) is 13.3 Å². The van der Waals surface area contributed by atoms with Gasteiger partial charge in [0.25, 0.3) is 0 Å². The van der Waals surface area contributed by atoms with Crippen LogP contribution in [0.2, 0.25) is 0 Å². The molecule has 2 aromatic carbocycles.